The first-order valence-electron chi connectivity index (χ1n) is 6.53. The highest BCUT2D eigenvalue weighted by Crippen LogP contribution is 2.21. The van der Waals surface area contributed by atoms with Crippen LogP contribution in [0.4, 0.5) is 0 Å². The van der Waals surface area contributed by atoms with E-state index in [9.17, 15) is 9.59 Å². The molecule has 3 rings (SSSR count). The van der Waals surface area contributed by atoms with Crippen LogP contribution in [0, 0.1) is 5.92 Å². The van der Waals surface area contributed by atoms with Crippen molar-refractivity contribution < 1.29 is 9.59 Å². The Bertz CT molecular complexity index is 658. The zero-order valence-corrected chi connectivity index (χ0v) is 10.9. The van der Waals surface area contributed by atoms with Gasteiger partial charge in [0.25, 0.3) is 5.91 Å². The first kappa shape index (κ1) is 12.6. The van der Waals surface area contributed by atoms with Gasteiger partial charge >= 0.3 is 0 Å². The maximum absolute atomic E-state index is 12.5. The zero-order valence-electron chi connectivity index (χ0n) is 10.9. The van der Waals surface area contributed by atoms with E-state index in [0.717, 1.165) is 10.9 Å². The van der Waals surface area contributed by atoms with Crippen LogP contribution in [0.25, 0.3) is 10.9 Å². The van der Waals surface area contributed by atoms with Crippen molar-refractivity contribution in [1.29, 1.82) is 0 Å². The quantitative estimate of drug-likeness (QED) is 0.820. The maximum Gasteiger partial charge on any atom is 0.275 e. The minimum Gasteiger partial charge on any atom is -0.369 e. The number of carbonyl (C=O) groups excluding carboxylic acids is 2. The van der Waals surface area contributed by atoms with Crippen molar-refractivity contribution in [3.05, 3.63) is 24.2 Å². The lowest BCUT2D eigenvalue weighted by Gasteiger charge is -2.30. The van der Waals surface area contributed by atoms with Crippen molar-refractivity contribution in [1.82, 2.24) is 20.1 Å². The van der Waals surface area contributed by atoms with Crippen molar-refractivity contribution in [2.45, 2.75) is 12.8 Å². The molecule has 3 heterocycles. The summed E-state index contributed by atoms with van der Waals surface area (Å²) in [6.45, 7) is 1.06. The number of hydrogen-bond donors (Lipinski definition) is 2. The number of aromatic amines is 1. The van der Waals surface area contributed by atoms with Crippen LogP contribution in [0.1, 0.15) is 23.3 Å². The highest BCUT2D eigenvalue weighted by molar-refractivity contribution is 6.04. The van der Waals surface area contributed by atoms with E-state index < -0.39 is 0 Å². The molecule has 1 fully saturated rings. The first-order valence-corrected chi connectivity index (χ1v) is 6.53. The summed E-state index contributed by atoms with van der Waals surface area (Å²) in [6, 6.07) is 1.78. The van der Waals surface area contributed by atoms with E-state index in [4.69, 9.17) is 5.73 Å². The topological polar surface area (TPSA) is 105 Å². The Labute approximate surface area is 115 Å². The number of likely N-dealkylation sites (tertiary alicyclic amines) is 1. The number of nitrogens with two attached hydrogens (primary N) is 1. The maximum atomic E-state index is 12.5. The van der Waals surface area contributed by atoms with Gasteiger partial charge in [-0.2, -0.15) is 5.10 Å². The number of fused-ring (bicyclic) bond motifs is 1. The molecule has 0 atom stereocenters. The SMILES string of the molecule is NC(=O)C1CCN(C(=O)c2n[nH]c3ccncc23)CC1. The minimum absolute atomic E-state index is 0.128. The molecular formula is C13H15N5O2. The van der Waals surface area contributed by atoms with E-state index in [2.05, 4.69) is 15.2 Å². The number of hydrogen-bond acceptors (Lipinski definition) is 4. The number of piperidine rings is 1. The van der Waals surface area contributed by atoms with Gasteiger partial charge in [0.2, 0.25) is 5.91 Å². The molecule has 3 N–H and O–H groups in total. The summed E-state index contributed by atoms with van der Waals surface area (Å²) in [6.07, 6.45) is 4.50. The molecule has 2 aromatic rings. The molecule has 20 heavy (non-hydrogen) atoms. The van der Waals surface area contributed by atoms with E-state index in [1.54, 1.807) is 23.4 Å². The molecular weight excluding hydrogens is 258 g/mol. The number of nitrogens with zero attached hydrogens (tertiary/aromatic N) is 3. The zero-order chi connectivity index (χ0) is 14.1. The van der Waals surface area contributed by atoms with Crippen LogP contribution in [0.2, 0.25) is 0 Å². The van der Waals surface area contributed by atoms with Crippen LogP contribution in [0.15, 0.2) is 18.5 Å². The van der Waals surface area contributed by atoms with Gasteiger partial charge in [-0.1, -0.05) is 0 Å². The summed E-state index contributed by atoms with van der Waals surface area (Å²) in [5.41, 5.74) is 6.46. The predicted octanol–water partition coefficient (Wildman–Crippen LogP) is 0.295. The Morgan fingerprint density at radius 1 is 1.35 bits per heavy atom. The number of primary amides is 1. The fraction of sp³-hybridized carbons (Fsp3) is 0.385. The van der Waals surface area contributed by atoms with E-state index in [1.807, 2.05) is 0 Å². The number of carbonyl (C=O) groups is 2. The Morgan fingerprint density at radius 3 is 2.80 bits per heavy atom. The van der Waals surface area contributed by atoms with Gasteiger partial charge in [-0.3, -0.25) is 19.7 Å². The van der Waals surface area contributed by atoms with E-state index in [1.165, 1.54) is 0 Å². The van der Waals surface area contributed by atoms with Crippen molar-refractivity contribution in [2.75, 3.05) is 13.1 Å². The number of rotatable bonds is 2. The van der Waals surface area contributed by atoms with Crippen LogP contribution in [-0.2, 0) is 4.79 Å². The lowest BCUT2D eigenvalue weighted by atomic mass is 9.96. The first-order chi connectivity index (χ1) is 9.66. The summed E-state index contributed by atoms with van der Waals surface area (Å²) in [4.78, 5) is 29.3. The van der Waals surface area contributed by atoms with Gasteiger partial charge in [-0.25, -0.2) is 0 Å². The Balaban J connectivity index is 1.78. The average molecular weight is 273 g/mol. The van der Waals surface area contributed by atoms with Gasteiger partial charge in [0.15, 0.2) is 5.69 Å². The highest BCUT2D eigenvalue weighted by atomic mass is 16.2. The minimum atomic E-state index is -0.286. The standard InChI is InChI=1S/C13H15N5O2/c14-12(19)8-2-5-18(6-3-8)13(20)11-9-7-15-4-1-10(9)16-17-11/h1,4,7-8H,2-3,5-6H2,(H2,14,19)(H,16,17). The molecule has 0 aromatic carbocycles. The fourth-order valence-corrected chi connectivity index (χ4v) is 2.54. The molecule has 0 bridgehead atoms. The number of aromatic nitrogens is 3. The fourth-order valence-electron chi connectivity index (χ4n) is 2.54. The third kappa shape index (κ3) is 2.11. The molecule has 1 saturated heterocycles. The van der Waals surface area contributed by atoms with Crippen LogP contribution >= 0.6 is 0 Å². The molecule has 7 nitrogen and oxygen atoms in total. The summed E-state index contributed by atoms with van der Waals surface area (Å²) in [7, 11) is 0. The molecule has 0 radical (unpaired) electrons. The predicted molar refractivity (Wildman–Crippen MR) is 71.7 cm³/mol. The molecule has 1 aliphatic rings. The van der Waals surface area contributed by atoms with Gasteiger partial charge < -0.3 is 10.6 Å². The lowest BCUT2D eigenvalue weighted by molar-refractivity contribution is -0.123. The second kappa shape index (κ2) is 4.92. The van der Waals surface area contributed by atoms with Crippen molar-refractivity contribution >= 4 is 22.7 Å². The molecule has 0 unspecified atom stereocenters. The Hall–Kier alpha value is -2.44. The molecule has 0 saturated carbocycles. The van der Waals surface area contributed by atoms with E-state index >= 15 is 0 Å². The number of nitrogens with one attached hydrogen (secondary N) is 1. The smallest absolute Gasteiger partial charge is 0.275 e. The van der Waals surface area contributed by atoms with E-state index in [0.29, 0.717) is 31.6 Å². The van der Waals surface area contributed by atoms with Crippen molar-refractivity contribution in [2.24, 2.45) is 11.7 Å². The van der Waals surface area contributed by atoms with Crippen LogP contribution < -0.4 is 5.73 Å². The monoisotopic (exact) mass is 273 g/mol. The van der Waals surface area contributed by atoms with Crippen molar-refractivity contribution in [3.8, 4) is 0 Å². The highest BCUT2D eigenvalue weighted by Gasteiger charge is 2.28. The second-order valence-corrected chi connectivity index (χ2v) is 4.96. The molecule has 2 aromatic heterocycles. The largest absolute Gasteiger partial charge is 0.369 e. The van der Waals surface area contributed by atoms with Gasteiger partial charge in [0.1, 0.15) is 0 Å². The van der Waals surface area contributed by atoms with Crippen LogP contribution in [-0.4, -0.2) is 45.0 Å². The molecule has 104 valence electrons. The number of H-pyrrole nitrogens is 1. The van der Waals surface area contributed by atoms with Gasteiger partial charge in [0.05, 0.1) is 10.9 Å². The van der Waals surface area contributed by atoms with Gasteiger partial charge in [-0.05, 0) is 18.9 Å². The number of amides is 2. The normalized spacial score (nSPS) is 16.5. The lowest BCUT2D eigenvalue weighted by Crippen LogP contribution is -2.41. The number of pyridine rings is 1. The van der Waals surface area contributed by atoms with Gasteiger partial charge in [0, 0.05) is 31.4 Å². The summed E-state index contributed by atoms with van der Waals surface area (Å²) in [5, 5.41) is 7.62. The second-order valence-electron chi connectivity index (χ2n) is 4.96. The van der Waals surface area contributed by atoms with Crippen LogP contribution in [0.5, 0.6) is 0 Å². The van der Waals surface area contributed by atoms with Gasteiger partial charge in [-0.15, -0.1) is 0 Å². The van der Waals surface area contributed by atoms with Crippen molar-refractivity contribution in [3.63, 3.8) is 0 Å². The Kier molecular flexibility index (Phi) is 3.09. The molecule has 2 amide bonds. The summed E-state index contributed by atoms with van der Waals surface area (Å²) in [5.74, 6) is -0.546. The van der Waals surface area contributed by atoms with Crippen LogP contribution in [0.3, 0.4) is 0 Å². The molecule has 7 heteroatoms. The molecule has 0 spiro atoms. The summed E-state index contributed by atoms with van der Waals surface area (Å²) < 4.78 is 0. The molecule has 1 aliphatic heterocycles. The third-order valence-electron chi connectivity index (χ3n) is 3.75. The average Bonchev–Trinajstić information content (AvgIpc) is 2.90. The third-order valence-corrected chi connectivity index (χ3v) is 3.75. The molecule has 0 aliphatic carbocycles. The Morgan fingerprint density at radius 2 is 2.10 bits per heavy atom. The van der Waals surface area contributed by atoms with E-state index in [-0.39, 0.29) is 17.7 Å². The summed E-state index contributed by atoms with van der Waals surface area (Å²) >= 11 is 0.